The fraction of sp³-hybridized carbons (Fsp3) is 0.750. The Labute approximate surface area is 131 Å². The maximum absolute atomic E-state index is 5.57. The zero-order valence-corrected chi connectivity index (χ0v) is 13.8. The van der Waals surface area contributed by atoms with Gasteiger partial charge in [0.1, 0.15) is 11.6 Å². The number of nitrogens with one attached hydrogen (secondary N) is 1. The number of aromatic nitrogens is 3. The summed E-state index contributed by atoms with van der Waals surface area (Å²) in [5, 5.41) is 11.6. The summed E-state index contributed by atoms with van der Waals surface area (Å²) < 4.78 is 2.30. The number of aryl methyl sites for hydroxylation is 2. The largest absolute Gasteiger partial charge is 0.370 e. The van der Waals surface area contributed by atoms with Crippen molar-refractivity contribution in [2.45, 2.75) is 45.1 Å². The molecule has 0 radical (unpaired) electrons. The Kier molecular flexibility index (Phi) is 7.11. The van der Waals surface area contributed by atoms with Crippen LogP contribution in [-0.2, 0) is 19.4 Å². The zero-order chi connectivity index (χ0) is 12.8. The van der Waals surface area contributed by atoms with Gasteiger partial charge in [-0.05, 0) is 19.3 Å². The lowest BCUT2D eigenvalue weighted by atomic mass is 10.2. The van der Waals surface area contributed by atoms with Crippen LogP contribution in [0.15, 0.2) is 4.99 Å². The molecule has 2 heterocycles. The van der Waals surface area contributed by atoms with Gasteiger partial charge in [0.05, 0.1) is 0 Å². The summed E-state index contributed by atoms with van der Waals surface area (Å²) in [7, 11) is 1.68. The standard InChI is InChI=1S/C12H22N6.HI/c1-14-12(13)15-8-5-7-11-17-16-10-6-3-2-4-9-18(10)11;/h2-9H2,1H3,(H3,13,14,15);1H. The van der Waals surface area contributed by atoms with E-state index in [4.69, 9.17) is 5.73 Å². The predicted octanol–water partition coefficient (Wildman–Crippen LogP) is 1.09. The highest BCUT2D eigenvalue weighted by Gasteiger charge is 2.13. The van der Waals surface area contributed by atoms with Crippen LogP contribution in [0.25, 0.3) is 0 Å². The second kappa shape index (κ2) is 8.34. The first-order valence-corrected chi connectivity index (χ1v) is 6.68. The lowest BCUT2D eigenvalue weighted by Gasteiger charge is -2.07. The van der Waals surface area contributed by atoms with E-state index in [9.17, 15) is 0 Å². The van der Waals surface area contributed by atoms with Crippen molar-refractivity contribution in [1.29, 1.82) is 0 Å². The smallest absolute Gasteiger partial charge is 0.188 e. The first-order chi connectivity index (χ1) is 8.81. The second-order valence-electron chi connectivity index (χ2n) is 4.63. The van der Waals surface area contributed by atoms with E-state index < -0.39 is 0 Å². The van der Waals surface area contributed by atoms with Crippen molar-refractivity contribution < 1.29 is 0 Å². The molecule has 1 aromatic heterocycles. The van der Waals surface area contributed by atoms with E-state index in [1.54, 1.807) is 7.05 Å². The first kappa shape index (κ1) is 16.2. The van der Waals surface area contributed by atoms with Crippen molar-refractivity contribution in [2.24, 2.45) is 10.7 Å². The third-order valence-corrected chi connectivity index (χ3v) is 3.31. The average Bonchev–Trinajstić information content (AvgIpc) is 2.62. The van der Waals surface area contributed by atoms with Crippen molar-refractivity contribution in [3.8, 4) is 0 Å². The maximum atomic E-state index is 5.57. The Hall–Kier alpha value is -0.860. The molecule has 0 spiro atoms. The molecule has 0 atom stereocenters. The summed E-state index contributed by atoms with van der Waals surface area (Å²) in [4.78, 5) is 3.86. The van der Waals surface area contributed by atoms with Crippen molar-refractivity contribution in [3.05, 3.63) is 11.6 Å². The molecule has 19 heavy (non-hydrogen) atoms. The lowest BCUT2D eigenvalue weighted by Crippen LogP contribution is -2.32. The Morgan fingerprint density at radius 2 is 2.21 bits per heavy atom. The number of nitrogens with zero attached hydrogens (tertiary/aromatic N) is 4. The Morgan fingerprint density at radius 3 is 3.00 bits per heavy atom. The summed E-state index contributed by atoms with van der Waals surface area (Å²) in [6, 6.07) is 0. The molecule has 3 N–H and O–H groups in total. The number of hydrogen-bond donors (Lipinski definition) is 2. The Morgan fingerprint density at radius 1 is 1.37 bits per heavy atom. The highest BCUT2D eigenvalue weighted by atomic mass is 127. The van der Waals surface area contributed by atoms with Crippen LogP contribution in [0.1, 0.15) is 37.3 Å². The number of nitrogens with two attached hydrogens (primary N) is 1. The summed E-state index contributed by atoms with van der Waals surface area (Å²) in [6.07, 6.45) is 6.79. The summed E-state index contributed by atoms with van der Waals surface area (Å²) >= 11 is 0. The molecule has 1 aliphatic rings. The van der Waals surface area contributed by atoms with E-state index in [0.717, 1.165) is 44.0 Å². The molecule has 0 aliphatic carbocycles. The van der Waals surface area contributed by atoms with Crippen LogP contribution in [0.4, 0.5) is 0 Å². The molecule has 7 heteroatoms. The van der Waals surface area contributed by atoms with Gasteiger partial charge in [-0.15, -0.1) is 34.2 Å². The van der Waals surface area contributed by atoms with Gasteiger partial charge in [0.15, 0.2) is 5.96 Å². The second-order valence-corrected chi connectivity index (χ2v) is 4.63. The van der Waals surface area contributed by atoms with Gasteiger partial charge in [0.2, 0.25) is 0 Å². The molecular weight excluding hydrogens is 355 g/mol. The van der Waals surface area contributed by atoms with Gasteiger partial charge >= 0.3 is 0 Å². The van der Waals surface area contributed by atoms with Crippen LogP contribution >= 0.6 is 24.0 Å². The number of rotatable bonds is 4. The Bertz CT molecular complexity index is 414. The van der Waals surface area contributed by atoms with E-state index in [2.05, 4.69) is 25.1 Å². The van der Waals surface area contributed by atoms with Crippen LogP contribution in [0.5, 0.6) is 0 Å². The predicted molar refractivity (Wildman–Crippen MR) is 86.9 cm³/mol. The van der Waals surface area contributed by atoms with Crippen molar-refractivity contribution in [2.75, 3.05) is 13.6 Å². The quantitative estimate of drug-likeness (QED) is 0.356. The number of hydrogen-bond acceptors (Lipinski definition) is 3. The van der Waals surface area contributed by atoms with Gasteiger partial charge in [0.25, 0.3) is 0 Å². The van der Waals surface area contributed by atoms with Crippen molar-refractivity contribution >= 4 is 29.9 Å². The molecule has 0 bridgehead atoms. The minimum atomic E-state index is 0. The van der Waals surface area contributed by atoms with Gasteiger partial charge in [-0.25, -0.2) is 0 Å². The van der Waals surface area contributed by atoms with Crippen LogP contribution < -0.4 is 11.1 Å². The SMILES string of the molecule is CN=C(N)NCCCc1nnc2n1CCCCC2.I. The molecule has 1 aliphatic heterocycles. The Balaban J connectivity index is 0.00000180. The molecule has 0 saturated heterocycles. The number of halogens is 1. The monoisotopic (exact) mass is 378 g/mol. The van der Waals surface area contributed by atoms with E-state index >= 15 is 0 Å². The lowest BCUT2D eigenvalue weighted by molar-refractivity contribution is 0.594. The van der Waals surface area contributed by atoms with E-state index in [-0.39, 0.29) is 24.0 Å². The number of aliphatic imine (C=N–C) groups is 1. The van der Waals surface area contributed by atoms with Crippen LogP contribution in [-0.4, -0.2) is 34.3 Å². The van der Waals surface area contributed by atoms with Gasteiger partial charge < -0.3 is 15.6 Å². The molecule has 2 rings (SSSR count). The normalized spacial score (nSPS) is 15.3. The highest BCUT2D eigenvalue weighted by Crippen LogP contribution is 2.14. The van der Waals surface area contributed by atoms with E-state index in [1.165, 1.54) is 19.3 Å². The molecule has 0 aromatic carbocycles. The van der Waals surface area contributed by atoms with Gasteiger partial charge in [-0.1, -0.05) is 6.42 Å². The molecule has 0 unspecified atom stereocenters. The third-order valence-electron chi connectivity index (χ3n) is 3.31. The molecule has 0 amide bonds. The van der Waals surface area contributed by atoms with E-state index in [1.807, 2.05) is 0 Å². The minimum absolute atomic E-state index is 0. The molecule has 0 fully saturated rings. The van der Waals surface area contributed by atoms with Gasteiger partial charge in [-0.2, -0.15) is 0 Å². The average molecular weight is 378 g/mol. The van der Waals surface area contributed by atoms with Crippen LogP contribution in [0, 0.1) is 0 Å². The molecular formula is C12H23IN6. The first-order valence-electron chi connectivity index (χ1n) is 6.68. The number of fused-ring (bicyclic) bond motifs is 1. The maximum Gasteiger partial charge on any atom is 0.188 e. The topological polar surface area (TPSA) is 81.1 Å². The van der Waals surface area contributed by atoms with Crippen LogP contribution in [0.3, 0.4) is 0 Å². The minimum Gasteiger partial charge on any atom is -0.370 e. The van der Waals surface area contributed by atoms with Crippen molar-refractivity contribution in [1.82, 2.24) is 20.1 Å². The zero-order valence-electron chi connectivity index (χ0n) is 11.4. The third kappa shape index (κ3) is 4.63. The van der Waals surface area contributed by atoms with Gasteiger partial charge in [-0.3, -0.25) is 4.99 Å². The molecule has 6 nitrogen and oxygen atoms in total. The molecule has 1 aromatic rings. The fourth-order valence-corrected chi connectivity index (χ4v) is 2.27. The summed E-state index contributed by atoms with van der Waals surface area (Å²) in [5.41, 5.74) is 5.57. The highest BCUT2D eigenvalue weighted by molar-refractivity contribution is 14.0. The van der Waals surface area contributed by atoms with E-state index in [0.29, 0.717) is 5.96 Å². The summed E-state index contributed by atoms with van der Waals surface area (Å²) in [5.74, 6) is 2.76. The van der Waals surface area contributed by atoms with Crippen molar-refractivity contribution in [3.63, 3.8) is 0 Å². The van der Waals surface area contributed by atoms with Gasteiger partial charge in [0, 0.05) is 33.0 Å². The number of guanidine groups is 1. The molecule has 0 saturated carbocycles. The molecule has 108 valence electrons. The fourth-order valence-electron chi connectivity index (χ4n) is 2.27. The van der Waals surface area contributed by atoms with Crippen LogP contribution in [0.2, 0.25) is 0 Å². The summed E-state index contributed by atoms with van der Waals surface area (Å²) in [6.45, 7) is 1.90.